The first-order valence-corrected chi connectivity index (χ1v) is 13.8. The number of rotatable bonds is 9. The van der Waals surface area contributed by atoms with Crippen LogP contribution in [-0.4, -0.2) is 50.4 Å². The fourth-order valence-electron chi connectivity index (χ4n) is 5.83. The van der Waals surface area contributed by atoms with Gasteiger partial charge in [-0.15, -0.1) is 10.2 Å². The van der Waals surface area contributed by atoms with Crippen LogP contribution in [0.1, 0.15) is 62.3 Å². The molecule has 5 rings (SSSR count). The first-order chi connectivity index (χ1) is 18.7. The lowest BCUT2D eigenvalue weighted by atomic mass is 9.72. The van der Waals surface area contributed by atoms with Crippen molar-refractivity contribution in [3.05, 3.63) is 90.7 Å². The highest BCUT2D eigenvalue weighted by atomic mass is 19.4. The number of aryl methyl sites for hydroxylation is 1. The first-order valence-electron chi connectivity index (χ1n) is 13.8. The van der Waals surface area contributed by atoms with E-state index in [1.807, 2.05) is 23.7 Å². The second-order valence-electron chi connectivity index (χ2n) is 10.9. The van der Waals surface area contributed by atoms with Crippen molar-refractivity contribution < 1.29 is 13.2 Å². The van der Waals surface area contributed by atoms with Crippen molar-refractivity contribution in [2.45, 2.75) is 57.0 Å². The summed E-state index contributed by atoms with van der Waals surface area (Å²) >= 11 is 0. The normalized spacial score (nSPS) is 20.3. The zero-order valence-corrected chi connectivity index (χ0v) is 22.6. The van der Waals surface area contributed by atoms with E-state index in [-0.39, 0.29) is 11.6 Å². The summed E-state index contributed by atoms with van der Waals surface area (Å²) in [5.41, 5.74) is 2.86. The fourth-order valence-corrected chi connectivity index (χ4v) is 5.83. The van der Waals surface area contributed by atoms with Crippen molar-refractivity contribution in [1.82, 2.24) is 24.6 Å². The van der Waals surface area contributed by atoms with E-state index in [0.29, 0.717) is 18.3 Å². The number of likely N-dealkylation sites (tertiary alicyclic amines) is 1. The van der Waals surface area contributed by atoms with Crippen molar-refractivity contribution in [2.75, 3.05) is 24.5 Å². The summed E-state index contributed by atoms with van der Waals surface area (Å²) in [6.45, 7) is 10.8. The van der Waals surface area contributed by atoms with Gasteiger partial charge in [-0.3, -0.25) is 4.90 Å². The van der Waals surface area contributed by atoms with Gasteiger partial charge in [-0.05, 0) is 68.0 Å². The van der Waals surface area contributed by atoms with Gasteiger partial charge in [0.15, 0.2) is 0 Å². The van der Waals surface area contributed by atoms with Gasteiger partial charge in [-0.1, -0.05) is 44.2 Å². The Morgan fingerprint density at radius 2 is 1.92 bits per heavy atom. The topological polar surface area (TPSA) is 40.4 Å². The largest absolute Gasteiger partial charge is 0.394 e. The van der Waals surface area contributed by atoms with Gasteiger partial charge in [0, 0.05) is 43.3 Å². The van der Waals surface area contributed by atoms with Gasteiger partial charge in [-0.25, -0.2) is 0 Å². The van der Waals surface area contributed by atoms with Gasteiger partial charge in [0.05, 0.1) is 6.42 Å². The Kier molecular flexibility index (Phi) is 7.98. The van der Waals surface area contributed by atoms with E-state index < -0.39 is 12.6 Å². The Balaban J connectivity index is 1.45. The lowest BCUT2D eigenvalue weighted by Crippen LogP contribution is -2.32. The van der Waals surface area contributed by atoms with E-state index >= 15 is 0 Å². The second kappa shape index (κ2) is 11.4. The quantitative estimate of drug-likeness (QED) is 0.333. The summed E-state index contributed by atoms with van der Waals surface area (Å²) in [6.07, 6.45) is 8.31. The summed E-state index contributed by atoms with van der Waals surface area (Å²) in [5.74, 6) is 1.91. The Bertz CT molecular complexity index is 1250. The third kappa shape index (κ3) is 6.13. The summed E-state index contributed by atoms with van der Waals surface area (Å²) in [6, 6.07) is 8.01. The monoisotopic (exact) mass is 538 g/mol. The summed E-state index contributed by atoms with van der Waals surface area (Å²) in [7, 11) is 1.95. The molecule has 2 fully saturated rings. The Labute approximate surface area is 228 Å². The van der Waals surface area contributed by atoms with E-state index in [9.17, 15) is 13.2 Å². The maximum Gasteiger partial charge on any atom is 0.394 e. The third-order valence-electron chi connectivity index (χ3n) is 8.09. The lowest BCUT2D eigenvalue weighted by Gasteiger charge is -2.34. The maximum absolute atomic E-state index is 13.6. The molecule has 1 aromatic carbocycles. The molecule has 0 amide bonds. The molecule has 3 aliphatic rings. The lowest BCUT2D eigenvalue weighted by molar-refractivity contribution is -0.129. The molecule has 1 atom stereocenters. The molecule has 0 bridgehead atoms. The standard InChI is InChI=1S/C30H37F3N6/c1-4-23(18-37-14-6-5-7-15-37)19-38-22(2)39(20-27(38)17-30(31,32)33)26-13-9-12-25(16-26)28(24-10-8-11-24)29-35-34-21-36(29)3/h4,9,12-13,16,19-21,24,28H,1-2,5-8,10-11,14-15,17-18H2,3H3/b23-19+. The zero-order valence-electron chi connectivity index (χ0n) is 22.6. The van der Waals surface area contributed by atoms with E-state index in [0.717, 1.165) is 61.4 Å². The number of hydrogen-bond acceptors (Lipinski definition) is 5. The van der Waals surface area contributed by atoms with Crippen LogP contribution >= 0.6 is 0 Å². The number of alkyl halides is 3. The van der Waals surface area contributed by atoms with Gasteiger partial charge in [0.25, 0.3) is 0 Å². The van der Waals surface area contributed by atoms with Crippen LogP contribution in [0.5, 0.6) is 0 Å². The Morgan fingerprint density at radius 1 is 1.15 bits per heavy atom. The molecule has 9 heteroatoms. The van der Waals surface area contributed by atoms with Crippen molar-refractivity contribution in [3.8, 4) is 0 Å². The van der Waals surface area contributed by atoms with E-state index in [2.05, 4.69) is 40.4 Å². The molecule has 2 aliphatic heterocycles. The molecule has 1 aromatic heterocycles. The molecule has 2 aromatic rings. The molecular weight excluding hydrogens is 501 g/mol. The molecule has 1 saturated heterocycles. The Morgan fingerprint density at radius 3 is 2.54 bits per heavy atom. The van der Waals surface area contributed by atoms with Crippen molar-refractivity contribution in [1.29, 1.82) is 0 Å². The van der Waals surface area contributed by atoms with Crippen LogP contribution in [0.25, 0.3) is 0 Å². The van der Waals surface area contributed by atoms with Gasteiger partial charge >= 0.3 is 6.18 Å². The molecule has 3 heterocycles. The molecule has 39 heavy (non-hydrogen) atoms. The Hall–Kier alpha value is -3.33. The van der Waals surface area contributed by atoms with Crippen LogP contribution in [0.15, 0.2) is 79.3 Å². The number of anilines is 1. The molecule has 0 radical (unpaired) electrons. The predicted molar refractivity (Wildman–Crippen MR) is 147 cm³/mol. The van der Waals surface area contributed by atoms with Crippen molar-refractivity contribution >= 4 is 5.69 Å². The molecule has 1 saturated carbocycles. The van der Waals surface area contributed by atoms with Crippen molar-refractivity contribution in [2.24, 2.45) is 13.0 Å². The van der Waals surface area contributed by atoms with Crippen LogP contribution in [0.3, 0.4) is 0 Å². The predicted octanol–water partition coefficient (Wildman–Crippen LogP) is 6.69. The van der Waals surface area contributed by atoms with Gasteiger partial charge in [0.1, 0.15) is 18.0 Å². The van der Waals surface area contributed by atoms with Gasteiger partial charge in [0.2, 0.25) is 0 Å². The molecule has 208 valence electrons. The fraction of sp³-hybridized carbons (Fsp3) is 0.467. The third-order valence-corrected chi connectivity index (χ3v) is 8.09. The molecular formula is C30H37F3N6. The van der Waals surface area contributed by atoms with Crippen LogP contribution in [0, 0.1) is 5.92 Å². The molecule has 6 nitrogen and oxygen atoms in total. The number of halogens is 3. The number of allylic oxidation sites excluding steroid dienone is 1. The van der Waals surface area contributed by atoms with Crippen LogP contribution in [-0.2, 0) is 7.05 Å². The van der Waals surface area contributed by atoms with Gasteiger partial charge in [-0.2, -0.15) is 13.2 Å². The van der Waals surface area contributed by atoms with E-state index in [1.165, 1.54) is 12.8 Å². The highest BCUT2D eigenvalue weighted by molar-refractivity contribution is 5.60. The maximum atomic E-state index is 13.6. The molecule has 0 spiro atoms. The highest BCUT2D eigenvalue weighted by Gasteiger charge is 2.37. The summed E-state index contributed by atoms with van der Waals surface area (Å²) in [5, 5.41) is 8.51. The molecule has 0 N–H and O–H groups in total. The summed E-state index contributed by atoms with van der Waals surface area (Å²) in [4.78, 5) is 5.67. The first kappa shape index (κ1) is 27.2. The molecule has 1 unspecified atom stereocenters. The smallest absolute Gasteiger partial charge is 0.320 e. The average Bonchev–Trinajstić information content (AvgIpc) is 3.43. The van der Waals surface area contributed by atoms with E-state index in [4.69, 9.17) is 0 Å². The zero-order chi connectivity index (χ0) is 27.6. The second-order valence-corrected chi connectivity index (χ2v) is 10.9. The highest BCUT2D eigenvalue weighted by Crippen LogP contribution is 2.44. The SMILES string of the molecule is C=C/C(=C\N1C(=C)N(c2cccc(C(c3nncn3C)C3CCC3)c2)C=C1CC(F)(F)F)CN1CCCCC1. The number of hydrogen-bond donors (Lipinski definition) is 0. The average molecular weight is 539 g/mol. The minimum atomic E-state index is -4.35. The summed E-state index contributed by atoms with van der Waals surface area (Å²) < 4.78 is 42.9. The van der Waals surface area contributed by atoms with Crippen LogP contribution in [0.4, 0.5) is 18.9 Å². The molecule has 1 aliphatic carbocycles. The van der Waals surface area contributed by atoms with Crippen LogP contribution < -0.4 is 4.90 Å². The van der Waals surface area contributed by atoms with Gasteiger partial charge < -0.3 is 14.4 Å². The van der Waals surface area contributed by atoms with E-state index in [1.54, 1.807) is 34.6 Å². The minimum absolute atomic E-state index is 0.0774. The minimum Gasteiger partial charge on any atom is -0.320 e. The number of benzene rings is 1. The van der Waals surface area contributed by atoms with Crippen molar-refractivity contribution in [3.63, 3.8) is 0 Å². The number of piperidine rings is 1. The van der Waals surface area contributed by atoms with Crippen LogP contribution in [0.2, 0.25) is 0 Å². The number of nitrogens with zero attached hydrogens (tertiary/aromatic N) is 6. The number of aromatic nitrogens is 3.